The van der Waals surface area contributed by atoms with Crippen LogP contribution in [0.15, 0.2) is 48.0 Å². The normalized spacial score (nSPS) is 16.4. The third-order valence-electron chi connectivity index (χ3n) is 5.08. The van der Waals surface area contributed by atoms with Gasteiger partial charge in [0.1, 0.15) is 30.5 Å². The van der Waals surface area contributed by atoms with Gasteiger partial charge in [0, 0.05) is 36.8 Å². The Kier molecular flexibility index (Phi) is 5.21. The van der Waals surface area contributed by atoms with E-state index in [9.17, 15) is 4.79 Å². The lowest BCUT2D eigenvalue weighted by molar-refractivity contribution is -0.147. The predicted octanol–water partition coefficient (Wildman–Crippen LogP) is 3.07. The van der Waals surface area contributed by atoms with Gasteiger partial charge >= 0.3 is 5.97 Å². The number of nitrogens with zero attached hydrogens (tertiary/aromatic N) is 1. The summed E-state index contributed by atoms with van der Waals surface area (Å²) in [6, 6.07) is 13.6. The maximum Gasteiger partial charge on any atom is 0.309 e. The van der Waals surface area contributed by atoms with Crippen LogP contribution in [0, 0.1) is 5.92 Å². The average Bonchev–Trinajstić information content (AvgIpc) is 2.68. The summed E-state index contributed by atoms with van der Waals surface area (Å²) in [5.74, 6) is 1.40. The molecule has 28 heavy (non-hydrogen) atoms. The van der Waals surface area contributed by atoms with Gasteiger partial charge in [-0.2, -0.15) is 0 Å². The molecule has 2 aromatic carbocycles. The highest BCUT2D eigenvalue weighted by molar-refractivity contribution is 5.71. The van der Waals surface area contributed by atoms with Crippen molar-refractivity contribution in [2.24, 2.45) is 5.92 Å². The van der Waals surface area contributed by atoms with Gasteiger partial charge in [-0.15, -0.1) is 0 Å². The van der Waals surface area contributed by atoms with Gasteiger partial charge in [0.05, 0.1) is 13.0 Å². The van der Waals surface area contributed by atoms with E-state index in [1.807, 2.05) is 42.5 Å². The minimum atomic E-state index is -0.712. The molecule has 1 N–H and O–H groups in total. The Morgan fingerprint density at radius 3 is 2.86 bits per heavy atom. The largest absolute Gasteiger partial charge is 0.496 e. The number of benzene rings is 2. The molecule has 0 atom stereocenters. The number of hydrogen-bond donors (Lipinski definition) is 1. The Balaban J connectivity index is 1.37. The molecule has 1 saturated heterocycles. The topological polar surface area (TPSA) is 68.2 Å². The Labute approximate surface area is 163 Å². The maximum atomic E-state index is 10.9. The monoisotopic (exact) mass is 381 g/mol. The summed E-state index contributed by atoms with van der Waals surface area (Å²) >= 11 is 0. The van der Waals surface area contributed by atoms with Gasteiger partial charge in [-0.05, 0) is 29.8 Å². The zero-order valence-electron chi connectivity index (χ0n) is 15.8. The van der Waals surface area contributed by atoms with Crippen LogP contribution in [0.25, 0.3) is 6.08 Å². The molecular formula is C22H23NO5. The first-order valence-corrected chi connectivity index (χ1v) is 9.28. The smallest absolute Gasteiger partial charge is 0.309 e. The summed E-state index contributed by atoms with van der Waals surface area (Å²) in [4.78, 5) is 13.0. The van der Waals surface area contributed by atoms with Gasteiger partial charge < -0.3 is 19.3 Å². The number of fused-ring (bicyclic) bond motifs is 1. The predicted molar refractivity (Wildman–Crippen MR) is 105 cm³/mol. The summed E-state index contributed by atoms with van der Waals surface area (Å²) in [6.45, 7) is 2.89. The van der Waals surface area contributed by atoms with E-state index in [-0.39, 0.29) is 5.92 Å². The molecule has 4 rings (SSSR count). The summed E-state index contributed by atoms with van der Waals surface area (Å²) in [6.07, 6.45) is 2.12. The first-order valence-electron chi connectivity index (χ1n) is 9.28. The molecule has 6 nitrogen and oxygen atoms in total. The lowest BCUT2D eigenvalue weighted by atomic mass is 9.98. The molecule has 2 aromatic rings. The molecule has 1 fully saturated rings. The van der Waals surface area contributed by atoms with Crippen LogP contribution in [0.5, 0.6) is 17.2 Å². The van der Waals surface area contributed by atoms with Crippen molar-refractivity contribution in [3.63, 3.8) is 0 Å². The fourth-order valence-corrected chi connectivity index (χ4v) is 3.50. The molecule has 2 aliphatic heterocycles. The molecule has 0 aromatic heterocycles. The molecule has 0 radical (unpaired) electrons. The third-order valence-corrected chi connectivity index (χ3v) is 5.08. The minimum Gasteiger partial charge on any atom is -0.496 e. The molecule has 0 bridgehead atoms. The van der Waals surface area contributed by atoms with Gasteiger partial charge in [-0.3, -0.25) is 9.69 Å². The second kappa shape index (κ2) is 7.94. The average molecular weight is 381 g/mol. The molecule has 0 saturated carbocycles. The van der Waals surface area contributed by atoms with Crippen molar-refractivity contribution in [2.45, 2.75) is 6.61 Å². The molecule has 6 heteroatoms. The van der Waals surface area contributed by atoms with E-state index in [1.54, 1.807) is 7.11 Å². The van der Waals surface area contributed by atoms with E-state index < -0.39 is 5.97 Å². The lowest BCUT2D eigenvalue weighted by Crippen LogP contribution is -2.51. The van der Waals surface area contributed by atoms with E-state index in [0.29, 0.717) is 26.3 Å². The Hall–Kier alpha value is -2.99. The first kappa shape index (κ1) is 18.4. The van der Waals surface area contributed by atoms with Crippen molar-refractivity contribution >= 4 is 12.0 Å². The maximum absolute atomic E-state index is 10.9. The SMILES string of the molecule is COc1ccccc1COc1ccc2c(c1)OCC(CN1CC(C(=O)O)C1)=C2. The van der Waals surface area contributed by atoms with Crippen LogP contribution < -0.4 is 14.2 Å². The van der Waals surface area contributed by atoms with Crippen molar-refractivity contribution in [1.29, 1.82) is 0 Å². The number of rotatable bonds is 7. The van der Waals surface area contributed by atoms with Gasteiger partial charge in [0.15, 0.2) is 0 Å². The summed E-state index contributed by atoms with van der Waals surface area (Å²) in [5, 5.41) is 8.97. The van der Waals surface area contributed by atoms with Crippen molar-refractivity contribution in [3.8, 4) is 17.2 Å². The molecule has 146 valence electrons. The number of carboxylic acid groups (broad SMARTS) is 1. The van der Waals surface area contributed by atoms with Crippen LogP contribution in [-0.4, -0.2) is 49.3 Å². The van der Waals surface area contributed by atoms with Crippen LogP contribution in [0.3, 0.4) is 0 Å². The third kappa shape index (κ3) is 3.97. The molecule has 0 aliphatic carbocycles. The zero-order chi connectivity index (χ0) is 19.5. The Bertz CT molecular complexity index is 902. The number of methoxy groups -OCH3 is 1. The number of carbonyl (C=O) groups is 1. The van der Waals surface area contributed by atoms with Crippen molar-refractivity contribution in [1.82, 2.24) is 4.90 Å². The zero-order valence-corrected chi connectivity index (χ0v) is 15.8. The molecule has 0 spiro atoms. The van der Waals surface area contributed by atoms with Gasteiger partial charge in [0.2, 0.25) is 0 Å². The summed E-state index contributed by atoms with van der Waals surface area (Å²) < 4.78 is 17.2. The summed E-state index contributed by atoms with van der Waals surface area (Å²) in [7, 11) is 1.65. The number of likely N-dealkylation sites (tertiary alicyclic amines) is 1. The highest BCUT2D eigenvalue weighted by atomic mass is 16.5. The Morgan fingerprint density at radius 2 is 2.07 bits per heavy atom. The van der Waals surface area contributed by atoms with E-state index >= 15 is 0 Å². The van der Waals surface area contributed by atoms with Gasteiger partial charge in [-0.25, -0.2) is 0 Å². The van der Waals surface area contributed by atoms with Gasteiger partial charge in [-0.1, -0.05) is 18.2 Å². The van der Waals surface area contributed by atoms with Crippen molar-refractivity contribution in [2.75, 3.05) is 33.4 Å². The van der Waals surface area contributed by atoms with E-state index in [4.69, 9.17) is 19.3 Å². The van der Waals surface area contributed by atoms with Crippen molar-refractivity contribution < 1.29 is 24.1 Å². The molecular weight excluding hydrogens is 358 g/mol. The quantitative estimate of drug-likeness (QED) is 0.795. The molecule has 0 unspecified atom stereocenters. The fourth-order valence-electron chi connectivity index (χ4n) is 3.50. The van der Waals surface area contributed by atoms with E-state index in [0.717, 1.165) is 40.5 Å². The van der Waals surface area contributed by atoms with E-state index in [1.165, 1.54) is 0 Å². The van der Waals surface area contributed by atoms with Gasteiger partial charge in [0.25, 0.3) is 0 Å². The molecule has 2 aliphatic rings. The second-order valence-electron chi connectivity index (χ2n) is 7.12. The van der Waals surface area contributed by atoms with Crippen LogP contribution in [0.2, 0.25) is 0 Å². The highest BCUT2D eigenvalue weighted by Gasteiger charge is 2.32. The summed E-state index contributed by atoms with van der Waals surface area (Å²) in [5.41, 5.74) is 3.15. The fraction of sp³-hybridized carbons (Fsp3) is 0.318. The van der Waals surface area contributed by atoms with E-state index in [2.05, 4.69) is 11.0 Å². The van der Waals surface area contributed by atoms with Crippen LogP contribution in [0.1, 0.15) is 11.1 Å². The standard InChI is InChI=1S/C22H23NO5/c1-26-20-5-3-2-4-17(20)14-27-19-7-6-16-8-15(13-28-21(16)9-19)10-23-11-18(12-23)22(24)25/h2-9,18H,10-14H2,1H3,(H,24,25). The Morgan fingerprint density at radius 1 is 1.25 bits per heavy atom. The number of para-hydroxylation sites is 1. The molecule has 0 amide bonds. The highest BCUT2D eigenvalue weighted by Crippen LogP contribution is 2.32. The minimum absolute atomic E-state index is 0.236. The number of ether oxygens (including phenoxy) is 3. The van der Waals surface area contributed by atoms with Crippen LogP contribution >= 0.6 is 0 Å². The number of aliphatic carboxylic acids is 1. The number of carboxylic acids is 1. The van der Waals surface area contributed by atoms with Crippen molar-refractivity contribution in [3.05, 3.63) is 59.2 Å². The second-order valence-corrected chi connectivity index (χ2v) is 7.12. The molecule has 2 heterocycles. The number of hydrogen-bond acceptors (Lipinski definition) is 5. The van der Waals surface area contributed by atoms with Crippen LogP contribution in [-0.2, 0) is 11.4 Å². The van der Waals surface area contributed by atoms with Crippen LogP contribution in [0.4, 0.5) is 0 Å². The first-order chi connectivity index (χ1) is 13.6. The lowest BCUT2D eigenvalue weighted by Gasteiger charge is -2.37.